The topological polar surface area (TPSA) is 97.5 Å². The van der Waals surface area contributed by atoms with E-state index in [1.165, 1.54) is 13.8 Å². The minimum Gasteiger partial charge on any atom is -0.481 e. The molecule has 0 aromatic rings. The molecule has 5 nitrogen and oxygen atoms in total. The number of carbonyl (C=O) groups is 3. The molecule has 0 saturated heterocycles. The predicted octanol–water partition coefficient (Wildman–Crippen LogP) is -0.212. The maximum atomic E-state index is 9.44. The number of carbonyl (C=O) groups excluding carboxylic acids is 2. The molecule has 0 aliphatic carbocycles. The Labute approximate surface area is 65.2 Å². The minimum absolute atomic E-state index is 0.167. The fourth-order valence-corrected chi connectivity index (χ4v) is 0. The third-order valence-electron chi connectivity index (χ3n) is 0. The van der Waals surface area contributed by atoms with Crippen LogP contribution in [-0.2, 0) is 14.4 Å². The van der Waals surface area contributed by atoms with Crippen LogP contribution in [0.25, 0.3) is 0 Å². The fourth-order valence-electron chi connectivity index (χ4n) is 0. The Morgan fingerprint density at radius 1 is 1.27 bits per heavy atom. The Kier molecular flexibility index (Phi) is 23.5. The molecule has 0 saturated carbocycles. The number of rotatable bonds is 0. The normalized spacial score (nSPS) is 5.73. The van der Waals surface area contributed by atoms with Crippen LogP contribution >= 0.6 is 0 Å². The number of carboxylic acid groups (broad SMARTS) is 1. The molecule has 0 rings (SSSR count). The summed E-state index contributed by atoms with van der Waals surface area (Å²) in [5.74, 6) is -0.667. The number of amides is 1. The van der Waals surface area contributed by atoms with Crippen LogP contribution in [0, 0.1) is 0 Å². The lowest BCUT2D eigenvalue weighted by atomic mass is 10.6. The van der Waals surface area contributed by atoms with Crippen molar-refractivity contribution in [1.82, 2.24) is 0 Å². The van der Waals surface area contributed by atoms with Crippen LogP contribution in [0.15, 0.2) is 0 Å². The number of Topliss-reactive ketones (excluding diaryl/α,β-unsaturated/α-hetero) is 1. The Balaban J connectivity index is -0.0000000886. The van der Waals surface area contributed by atoms with E-state index in [2.05, 4.69) is 5.73 Å². The Bertz CT molecular complexity index is 102. The summed E-state index contributed by atoms with van der Waals surface area (Å²) in [7, 11) is 0. The van der Waals surface area contributed by atoms with E-state index in [-0.39, 0.29) is 12.2 Å². The molecule has 0 atom stereocenters. The Hall–Kier alpha value is -1.39. The molecule has 0 aliphatic rings. The second-order valence-electron chi connectivity index (χ2n) is 1.56. The third-order valence-corrected chi connectivity index (χ3v) is 0. The molecule has 0 heterocycles. The molecular formula is C6H13NO4. The number of hydrogen-bond donors (Lipinski definition) is 2. The Morgan fingerprint density at radius 2 is 1.27 bits per heavy atom. The lowest BCUT2D eigenvalue weighted by Crippen LogP contribution is -1.82. The molecule has 0 spiro atoms. The Morgan fingerprint density at radius 3 is 1.27 bits per heavy atom. The van der Waals surface area contributed by atoms with Crippen LogP contribution in [-0.4, -0.2) is 23.3 Å². The van der Waals surface area contributed by atoms with Gasteiger partial charge < -0.3 is 15.6 Å². The average molecular weight is 163 g/mol. The molecule has 5 heteroatoms. The molecule has 11 heavy (non-hydrogen) atoms. The number of primary amides is 1. The van der Waals surface area contributed by atoms with Crippen molar-refractivity contribution in [1.29, 1.82) is 0 Å². The van der Waals surface area contributed by atoms with E-state index in [1.54, 1.807) is 0 Å². The summed E-state index contributed by atoms with van der Waals surface area (Å²) >= 11 is 0. The van der Waals surface area contributed by atoms with Crippen molar-refractivity contribution in [2.24, 2.45) is 5.73 Å². The molecule has 0 aliphatic heterocycles. The molecule has 0 aromatic carbocycles. The first-order valence-corrected chi connectivity index (χ1v) is 2.70. The van der Waals surface area contributed by atoms with E-state index < -0.39 is 5.97 Å². The van der Waals surface area contributed by atoms with Gasteiger partial charge in [0.1, 0.15) is 5.78 Å². The first kappa shape index (κ1) is 16.3. The molecule has 0 unspecified atom stereocenters. The molecule has 3 N–H and O–H groups in total. The number of hydrogen-bond acceptors (Lipinski definition) is 3. The van der Waals surface area contributed by atoms with Gasteiger partial charge in [-0.1, -0.05) is 0 Å². The lowest BCUT2D eigenvalue weighted by molar-refractivity contribution is -0.134. The van der Waals surface area contributed by atoms with Crippen LogP contribution < -0.4 is 5.73 Å². The summed E-state index contributed by atoms with van der Waals surface area (Å²) in [6.07, 6.45) is 0.250. The SMILES string of the molecule is CC(=O)O.CC(C)=O.NC=O. The fraction of sp³-hybridized carbons (Fsp3) is 0.500. The highest BCUT2D eigenvalue weighted by Crippen LogP contribution is 1.50. The van der Waals surface area contributed by atoms with E-state index >= 15 is 0 Å². The zero-order valence-electron chi connectivity index (χ0n) is 6.83. The number of ketones is 1. The summed E-state index contributed by atoms with van der Waals surface area (Å²) in [4.78, 5) is 27.0. The second kappa shape index (κ2) is 15.8. The minimum atomic E-state index is -0.833. The predicted molar refractivity (Wildman–Crippen MR) is 39.9 cm³/mol. The van der Waals surface area contributed by atoms with Gasteiger partial charge in [0.15, 0.2) is 0 Å². The van der Waals surface area contributed by atoms with E-state index in [0.29, 0.717) is 0 Å². The van der Waals surface area contributed by atoms with E-state index in [4.69, 9.17) is 14.7 Å². The van der Waals surface area contributed by atoms with Gasteiger partial charge in [-0.25, -0.2) is 0 Å². The van der Waals surface area contributed by atoms with Crippen LogP contribution in [0.2, 0.25) is 0 Å². The van der Waals surface area contributed by atoms with Crippen molar-refractivity contribution in [3.63, 3.8) is 0 Å². The monoisotopic (exact) mass is 163 g/mol. The maximum absolute atomic E-state index is 9.44. The van der Waals surface area contributed by atoms with Crippen LogP contribution in [0.5, 0.6) is 0 Å². The van der Waals surface area contributed by atoms with Gasteiger partial charge in [-0.2, -0.15) is 0 Å². The van der Waals surface area contributed by atoms with Crippen molar-refractivity contribution in [2.75, 3.05) is 0 Å². The number of nitrogens with two attached hydrogens (primary N) is 1. The maximum Gasteiger partial charge on any atom is 0.300 e. The van der Waals surface area contributed by atoms with Crippen molar-refractivity contribution < 1.29 is 19.5 Å². The highest BCUT2D eigenvalue weighted by molar-refractivity contribution is 5.72. The van der Waals surface area contributed by atoms with Crippen molar-refractivity contribution in [3.05, 3.63) is 0 Å². The van der Waals surface area contributed by atoms with E-state index in [9.17, 15) is 4.79 Å². The van der Waals surface area contributed by atoms with E-state index in [0.717, 1.165) is 6.92 Å². The van der Waals surface area contributed by atoms with Crippen LogP contribution in [0.3, 0.4) is 0 Å². The van der Waals surface area contributed by atoms with Gasteiger partial charge in [0.25, 0.3) is 5.97 Å². The van der Waals surface area contributed by atoms with Gasteiger partial charge in [0, 0.05) is 6.92 Å². The van der Waals surface area contributed by atoms with Gasteiger partial charge in [-0.3, -0.25) is 9.59 Å². The molecule has 0 bridgehead atoms. The lowest BCUT2D eigenvalue weighted by Gasteiger charge is -1.59. The summed E-state index contributed by atoms with van der Waals surface area (Å²) in [6.45, 7) is 4.14. The standard InChI is InChI=1S/C3H6O.C2H4O2.CH3NO/c1-3(2)4;1-2(3)4;2-1-3/h1-2H3;1H3,(H,3,4);1H,(H2,2,3). The summed E-state index contributed by atoms with van der Waals surface area (Å²) < 4.78 is 0. The zero-order chi connectivity index (χ0) is 9.86. The summed E-state index contributed by atoms with van der Waals surface area (Å²) in [5, 5.41) is 7.42. The third kappa shape index (κ3) is 195. The molecular weight excluding hydrogens is 150 g/mol. The average Bonchev–Trinajstić information content (AvgIpc) is 1.60. The number of aliphatic carboxylic acids is 1. The molecule has 0 fully saturated rings. The zero-order valence-corrected chi connectivity index (χ0v) is 6.83. The first-order valence-electron chi connectivity index (χ1n) is 2.70. The molecule has 0 radical (unpaired) electrons. The van der Waals surface area contributed by atoms with Crippen molar-refractivity contribution in [3.8, 4) is 0 Å². The molecule has 0 aromatic heterocycles. The summed E-state index contributed by atoms with van der Waals surface area (Å²) in [5.41, 5.74) is 4.17. The van der Waals surface area contributed by atoms with Crippen LogP contribution in [0.1, 0.15) is 20.8 Å². The van der Waals surface area contributed by atoms with Gasteiger partial charge >= 0.3 is 0 Å². The largest absolute Gasteiger partial charge is 0.481 e. The quantitative estimate of drug-likeness (QED) is 0.482. The second-order valence-corrected chi connectivity index (χ2v) is 1.56. The first-order chi connectivity index (χ1) is 4.88. The molecule has 66 valence electrons. The van der Waals surface area contributed by atoms with Crippen LogP contribution in [0.4, 0.5) is 0 Å². The van der Waals surface area contributed by atoms with E-state index in [1.807, 2.05) is 0 Å². The van der Waals surface area contributed by atoms with Crippen molar-refractivity contribution in [2.45, 2.75) is 20.8 Å². The highest BCUT2D eigenvalue weighted by Gasteiger charge is 1.65. The van der Waals surface area contributed by atoms with Crippen molar-refractivity contribution >= 4 is 18.2 Å². The van der Waals surface area contributed by atoms with Gasteiger partial charge in [-0.05, 0) is 13.8 Å². The smallest absolute Gasteiger partial charge is 0.300 e. The molecule has 1 amide bonds. The highest BCUT2D eigenvalue weighted by atomic mass is 16.4. The van der Waals surface area contributed by atoms with Gasteiger partial charge in [-0.15, -0.1) is 0 Å². The summed E-state index contributed by atoms with van der Waals surface area (Å²) in [6, 6.07) is 0. The number of carboxylic acids is 1. The van der Waals surface area contributed by atoms with Gasteiger partial charge in [0.2, 0.25) is 6.41 Å². The van der Waals surface area contributed by atoms with Gasteiger partial charge in [0.05, 0.1) is 0 Å².